The van der Waals surface area contributed by atoms with Crippen LogP contribution in [0.2, 0.25) is 0 Å². The zero-order valence-corrected chi connectivity index (χ0v) is 14.3. The summed E-state index contributed by atoms with van der Waals surface area (Å²) in [6, 6.07) is 17.8. The minimum Gasteiger partial charge on any atom is -0.310 e. The summed E-state index contributed by atoms with van der Waals surface area (Å²) in [4.78, 5) is 1.33. The van der Waals surface area contributed by atoms with Crippen molar-refractivity contribution in [1.82, 2.24) is 5.32 Å². The van der Waals surface area contributed by atoms with Gasteiger partial charge in [0, 0.05) is 27.7 Å². The lowest BCUT2D eigenvalue weighted by molar-refractivity contribution is 0.588. The quantitative estimate of drug-likeness (QED) is 0.715. The summed E-state index contributed by atoms with van der Waals surface area (Å²) < 4.78 is 1.14. The van der Waals surface area contributed by atoms with E-state index in [1.807, 2.05) is 11.8 Å². The molecule has 1 nitrogen and oxygen atoms in total. The van der Waals surface area contributed by atoms with Crippen LogP contribution in [0.4, 0.5) is 0 Å². The molecule has 0 radical (unpaired) electrons. The van der Waals surface area contributed by atoms with E-state index in [0.29, 0.717) is 6.04 Å². The molecular formula is C17H20BrNS. The molecule has 0 saturated heterocycles. The lowest BCUT2D eigenvalue weighted by Gasteiger charge is -2.09. The Balaban J connectivity index is 1.94. The van der Waals surface area contributed by atoms with Gasteiger partial charge in [-0.3, -0.25) is 0 Å². The van der Waals surface area contributed by atoms with Crippen LogP contribution in [0, 0.1) is 0 Å². The van der Waals surface area contributed by atoms with Crippen LogP contribution in [0.15, 0.2) is 57.9 Å². The maximum atomic E-state index is 3.52. The fourth-order valence-corrected chi connectivity index (χ4v) is 3.23. The molecule has 20 heavy (non-hydrogen) atoms. The van der Waals surface area contributed by atoms with E-state index in [-0.39, 0.29) is 0 Å². The molecule has 0 fully saturated rings. The van der Waals surface area contributed by atoms with Gasteiger partial charge in [0.1, 0.15) is 0 Å². The van der Waals surface area contributed by atoms with Crippen LogP contribution >= 0.6 is 27.7 Å². The molecule has 1 N–H and O–H groups in total. The van der Waals surface area contributed by atoms with E-state index in [9.17, 15) is 0 Å². The molecule has 0 atom stereocenters. The second-order valence-corrected chi connectivity index (χ2v) is 7.07. The van der Waals surface area contributed by atoms with Crippen molar-refractivity contribution in [2.24, 2.45) is 0 Å². The SMILES string of the molecule is CC(C)NCc1cccc(SCc2cccc(Br)c2)c1. The number of thioether (sulfide) groups is 1. The predicted molar refractivity (Wildman–Crippen MR) is 92.1 cm³/mol. The molecule has 3 heteroatoms. The van der Waals surface area contributed by atoms with Crippen molar-refractivity contribution in [2.75, 3.05) is 0 Å². The zero-order valence-electron chi connectivity index (χ0n) is 11.9. The van der Waals surface area contributed by atoms with Gasteiger partial charge >= 0.3 is 0 Å². The first-order valence-corrected chi connectivity index (χ1v) is 8.61. The second kappa shape index (κ2) is 7.87. The number of halogens is 1. The van der Waals surface area contributed by atoms with Gasteiger partial charge in [-0.2, -0.15) is 0 Å². The van der Waals surface area contributed by atoms with Crippen LogP contribution in [0.25, 0.3) is 0 Å². The van der Waals surface area contributed by atoms with Crippen molar-refractivity contribution in [3.63, 3.8) is 0 Å². The van der Waals surface area contributed by atoms with Crippen molar-refractivity contribution >= 4 is 27.7 Å². The number of rotatable bonds is 6. The zero-order chi connectivity index (χ0) is 14.4. The smallest absolute Gasteiger partial charge is 0.0232 e. The monoisotopic (exact) mass is 349 g/mol. The molecular weight excluding hydrogens is 330 g/mol. The van der Waals surface area contributed by atoms with Crippen molar-refractivity contribution in [2.45, 2.75) is 37.1 Å². The Kier molecular flexibility index (Phi) is 6.14. The van der Waals surface area contributed by atoms with Crippen LogP contribution in [0.3, 0.4) is 0 Å². The topological polar surface area (TPSA) is 12.0 Å². The highest BCUT2D eigenvalue weighted by molar-refractivity contribution is 9.10. The third-order valence-electron chi connectivity index (χ3n) is 2.91. The van der Waals surface area contributed by atoms with Gasteiger partial charge in [0.25, 0.3) is 0 Å². The maximum absolute atomic E-state index is 3.52. The van der Waals surface area contributed by atoms with Crippen LogP contribution in [-0.4, -0.2) is 6.04 Å². The Morgan fingerprint density at radius 1 is 1.05 bits per heavy atom. The fourth-order valence-electron chi connectivity index (χ4n) is 1.86. The summed E-state index contributed by atoms with van der Waals surface area (Å²) in [5.41, 5.74) is 2.69. The average molecular weight is 350 g/mol. The Bertz CT molecular complexity index is 554. The summed E-state index contributed by atoms with van der Waals surface area (Å²) in [6.07, 6.45) is 0. The van der Waals surface area contributed by atoms with E-state index in [1.165, 1.54) is 16.0 Å². The maximum Gasteiger partial charge on any atom is 0.0232 e. The third kappa shape index (κ3) is 5.31. The summed E-state index contributed by atoms with van der Waals surface area (Å²) in [5.74, 6) is 1.00. The molecule has 2 aromatic rings. The number of nitrogens with one attached hydrogen (secondary N) is 1. The largest absolute Gasteiger partial charge is 0.310 e. The summed E-state index contributed by atoms with van der Waals surface area (Å²) in [5, 5.41) is 3.45. The van der Waals surface area contributed by atoms with Gasteiger partial charge in [-0.25, -0.2) is 0 Å². The molecule has 0 bridgehead atoms. The van der Waals surface area contributed by atoms with Crippen molar-refractivity contribution in [3.05, 3.63) is 64.1 Å². The summed E-state index contributed by atoms with van der Waals surface area (Å²) in [6.45, 7) is 5.28. The lowest BCUT2D eigenvalue weighted by Crippen LogP contribution is -2.21. The van der Waals surface area contributed by atoms with Gasteiger partial charge in [-0.1, -0.05) is 54.0 Å². The highest BCUT2D eigenvalue weighted by atomic mass is 79.9. The molecule has 0 spiro atoms. The third-order valence-corrected chi connectivity index (χ3v) is 4.47. The molecule has 0 heterocycles. The number of hydrogen-bond acceptors (Lipinski definition) is 2. The molecule has 2 rings (SSSR count). The van der Waals surface area contributed by atoms with E-state index < -0.39 is 0 Å². The highest BCUT2D eigenvalue weighted by Gasteiger charge is 2.00. The molecule has 0 unspecified atom stereocenters. The van der Waals surface area contributed by atoms with Gasteiger partial charge in [0.15, 0.2) is 0 Å². The van der Waals surface area contributed by atoms with Crippen molar-refractivity contribution in [1.29, 1.82) is 0 Å². The number of hydrogen-bond donors (Lipinski definition) is 1. The van der Waals surface area contributed by atoms with E-state index in [0.717, 1.165) is 16.8 Å². The Hall–Kier alpha value is -0.770. The summed E-state index contributed by atoms with van der Waals surface area (Å²) in [7, 11) is 0. The first-order valence-electron chi connectivity index (χ1n) is 6.83. The van der Waals surface area contributed by atoms with Gasteiger partial charge < -0.3 is 5.32 Å². The Labute approximate surface area is 134 Å². The first-order chi connectivity index (χ1) is 9.63. The van der Waals surface area contributed by atoms with E-state index >= 15 is 0 Å². The molecule has 106 valence electrons. The van der Waals surface area contributed by atoms with Crippen LogP contribution in [0.1, 0.15) is 25.0 Å². The van der Waals surface area contributed by atoms with Crippen LogP contribution in [0.5, 0.6) is 0 Å². The highest BCUT2D eigenvalue weighted by Crippen LogP contribution is 2.24. The van der Waals surface area contributed by atoms with Gasteiger partial charge in [0.05, 0.1) is 0 Å². The van der Waals surface area contributed by atoms with Crippen molar-refractivity contribution in [3.8, 4) is 0 Å². The Morgan fingerprint density at radius 3 is 2.55 bits per heavy atom. The van der Waals surface area contributed by atoms with Gasteiger partial charge in [-0.15, -0.1) is 11.8 Å². The minimum absolute atomic E-state index is 0.521. The summed E-state index contributed by atoms with van der Waals surface area (Å²) >= 11 is 5.40. The van der Waals surface area contributed by atoms with Crippen LogP contribution in [-0.2, 0) is 12.3 Å². The molecule has 0 aromatic heterocycles. The molecule has 0 aliphatic rings. The first kappa shape index (κ1) is 15.6. The molecule has 0 aliphatic heterocycles. The van der Waals surface area contributed by atoms with E-state index in [4.69, 9.17) is 0 Å². The predicted octanol–water partition coefficient (Wildman–Crippen LogP) is 5.24. The Morgan fingerprint density at radius 2 is 1.80 bits per heavy atom. The van der Waals surface area contributed by atoms with Crippen LogP contribution < -0.4 is 5.32 Å². The molecule has 0 aliphatic carbocycles. The normalized spacial score (nSPS) is 11.0. The standard InChI is InChI=1S/C17H20BrNS/c1-13(2)19-11-14-5-4-8-17(10-14)20-12-15-6-3-7-16(18)9-15/h3-10,13,19H,11-12H2,1-2H3. The second-order valence-electron chi connectivity index (χ2n) is 5.10. The fraction of sp³-hybridized carbons (Fsp3) is 0.294. The van der Waals surface area contributed by atoms with Crippen molar-refractivity contribution < 1.29 is 0 Å². The average Bonchev–Trinajstić information content (AvgIpc) is 2.43. The molecule has 2 aromatic carbocycles. The number of benzene rings is 2. The molecule has 0 amide bonds. The van der Waals surface area contributed by atoms with Gasteiger partial charge in [0.2, 0.25) is 0 Å². The van der Waals surface area contributed by atoms with E-state index in [1.54, 1.807) is 0 Å². The minimum atomic E-state index is 0.521. The van der Waals surface area contributed by atoms with Gasteiger partial charge in [-0.05, 0) is 35.4 Å². The lowest BCUT2D eigenvalue weighted by atomic mass is 10.2. The van der Waals surface area contributed by atoms with E-state index in [2.05, 4.69) is 83.6 Å². The molecule has 0 saturated carbocycles.